The monoisotopic (exact) mass is 518 g/mol. The second kappa shape index (κ2) is 11.6. The van der Waals surface area contributed by atoms with E-state index in [4.69, 9.17) is 11.0 Å². The number of rotatable bonds is 9. The summed E-state index contributed by atoms with van der Waals surface area (Å²) < 4.78 is 37.9. The Kier molecular flexibility index (Phi) is 8.58. The molecule has 3 rings (SSSR count). The standard InChI is InChI=1S/C20H18N6O7S2/c1-12-2-8-16(18(10-12)22-20(21)27)25-26-17-9-5-14(11-19(17)35(29,30)31)24-23-13-3-6-15(7-4-13)34-33-32-28/h2-11,28H,1H3,(H3,21,22,27)(H,29,30,31). The summed E-state index contributed by atoms with van der Waals surface area (Å²) in [6, 6.07) is 14.3. The molecule has 0 aromatic heterocycles. The van der Waals surface area contributed by atoms with E-state index < -0.39 is 21.0 Å². The fourth-order valence-electron chi connectivity index (χ4n) is 2.67. The number of benzene rings is 3. The lowest BCUT2D eigenvalue weighted by atomic mass is 10.2. The predicted molar refractivity (Wildman–Crippen MR) is 126 cm³/mol. The van der Waals surface area contributed by atoms with Gasteiger partial charge in [0.1, 0.15) is 16.3 Å². The van der Waals surface area contributed by atoms with Gasteiger partial charge in [0.15, 0.2) is 0 Å². The van der Waals surface area contributed by atoms with Crippen molar-refractivity contribution in [2.75, 3.05) is 5.32 Å². The fourth-order valence-corrected chi connectivity index (χ4v) is 3.67. The Morgan fingerprint density at radius 3 is 2.23 bits per heavy atom. The van der Waals surface area contributed by atoms with Crippen molar-refractivity contribution in [3.05, 3.63) is 66.2 Å². The average molecular weight is 519 g/mol. The average Bonchev–Trinajstić information content (AvgIpc) is 2.81. The molecule has 0 aliphatic carbocycles. The minimum absolute atomic E-state index is 0.124. The number of nitrogens with two attached hydrogens (primary N) is 1. The number of carbonyl (C=O) groups excluding carboxylic acids is 1. The molecule has 0 aliphatic rings. The maximum absolute atomic E-state index is 11.9. The number of anilines is 1. The number of urea groups is 1. The third kappa shape index (κ3) is 7.64. The highest BCUT2D eigenvalue weighted by Gasteiger charge is 2.17. The lowest BCUT2D eigenvalue weighted by Gasteiger charge is -2.07. The molecule has 0 bridgehead atoms. The second-order valence-electron chi connectivity index (χ2n) is 6.76. The summed E-state index contributed by atoms with van der Waals surface area (Å²) in [7, 11) is -4.69. The van der Waals surface area contributed by atoms with Crippen molar-refractivity contribution in [3.63, 3.8) is 0 Å². The number of aryl methyl sites for hydroxylation is 1. The van der Waals surface area contributed by atoms with Crippen LogP contribution in [-0.2, 0) is 19.5 Å². The van der Waals surface area contributed by atoms with Crippen LogP contribution in [0.2, 0.25) is 0 Å². The number of primary amides is 1. The quantitative estimate of drug-likeness (QED) is 0.0869. The van der Waals surface area contributed by atoms with E-state index in [-0.39, 0.29) is 22.7 Å². The van der Waals surface area contributed by atoms with Crippen molar-refractivity contribution in [2.45, 2.75) is 16.7 Å². The zero-order chi connectivity index (χ0) is 25.4. The van der Waals surface area contributed by atoms with E-state index in [0.717, 1.165) is 23.7 Å². The highest BCUT2D eigenvalue weighted by atomic mass is 32.2. The number of hydrogen-bond donors (Lipinski definition) is 4. The third-order valence-corrected chi connectivity index (χ3v) is 5.65. The first-order valence-corrected chi connectivity index (χ1v) is 11.7. The molecule has 13 nitrogen and oxygen atoms in total. The van der Waals surface area contributed by atoms with Crippen molar-refractivity contribution in [2.24, 2.45) is 26.2 Å². The number of nitrogens with zero attached hydrogens (tertiary/aromatic N) is 4. The Bertz CT molecular complexity index is 1380. The second-order valence-corrected chi connectivity index (χ2v) is 8.92. The van der Waals surface area contributed by atoms with E-state index in [1.54, 1.807) is 49.4 Å². The van der Waals surface area contributed by atoms with Gasteiger partial charge in [-0.2, -0.15) is 18.6 Å². The van der Waals surface area contributed by atoms with Crippen LogP contribution in [0.5, 0.6) is 0 Å². The molecule has 5 N–H and O–H groups in total. The first kappa shape index (κ1) is 25.9. The summed E-state index contributed by atoms with van der Waals surface area (Å²) in [5, 5.41) is 30.0. The van der Waals surface area contributed by atoms with E-state index in [9.17, 15) is 17.8 Å². The zero-order valence-corrected chi connectivity index (χ0v) is 19.5. The van der Waals surface area contributed by atoms with Crippen molar-refractivity contribution in [1.82, 2.24) is 0 Å². The molecule has 0 atom stereocenters. The largest absolute Gasteiger partial charge is 0.351 e. The minimum atomic E-state index is -4.69. The first-order valence-electron chi connectivity index (χ1n) is 9.52. The van der Waals surface area contributed by atoms with Gasteiger partial charge in [-0.05, 0) is 67.1 Å². The van der Waals surface area contributed by atoms with E-state index in [0.29, 0.717) is 10.6 Å². The van der Waals surface area contributed by atoms with Gasteiger partial charge < -0.3 is 11.1 Å². The van der Waals surface area contributed by atoms with Gasteiger partial charge in [-0.25, -0.2) is 10.1 Å². The number of amides is 2. The molecule has 35 heavy (non-hydrogen) atoms. The summed E-state index contributed by atoms with van der Waals surface area (Å²) in [6.07, 6.45) is 0. The van der Waals surface area contributed by atoms with Crippen LogP contribution in [0, 0.1) is 6.92 Å². The molecular weight excluding hydrogens is 500 g/mol. The Hall–Kier alpha value is -3.73. The lowest BCUT2D eigenvalue weighted by Crippen LogP contribution is -2.19. The molecule has 0 saturated carbocycles. The molecule has 0 heterocycles. The zero-order valence-electron chi connectivity index (χ0n) is 17.9. The number of hydrogen-bond acceptors (Lipinski definition) is 11. The van der Waals surface area contributed by atoms with Gasteiger partial charge in [0.2, 0.25) is 0 Å². The van der Waals surface area contributed by atoms with E-state index >= 15 is 0 Å². The SMILES string of the molecule is Cc1ccc(N=Nc2ccc(N=Nc3ccc(SOOO)cc3)cc2S(=O)(=O)O)c(NC(N)=O)c1. The molecule has 0 fully saturated rings. The smallest absolute Gasteiger partial charge is 0.316 e. The summed E-state index contributed by atoms with van der Waals surface area (Å²) >= 11 is 0.772. The van der Waals surface area contributed by atoms with Crippen molar-refractivity contribution < 1.29 is 32.4 Å². The highest BCUT2D eigenvalue weighted by Crippen LogP contribution is 2.33. The summed E-state index contributed by atoms with van der Waals surface area (Å²) in [5.74, 6) is 0. The maximum Gasteiger partial charge on any atom is 0.316 e. The van der Waals surface area contributed by atoms with E-state index in [1.807, 2.05) is 0 Å². The molecular formula is C20H18N6O7S2. The van der Waals surface area contributed by atoms with Crippen LogP contribution < -0.4 is 11.1 Å². The first-order chi connectivity index (χ1) is 16.7. The Morgan fingerprint density at radius 2 is 1.57 bits per heavy atom. The molecule has 0 saturated heterocycles. The maximum atomic E-state index is 11.9. The molecule has 2 amide bonds. The minimum Gasteiger partial charge on any atom is -0.351 e. The molecule has 3 aromatic rings. The van der Waals surface area contributed by atoms with Crippen LogP contribution in [0.1, 0.15) is 5.56 Å². The molecule has 15 heteroatoms. The Balaban J connectivity index is 1.88. The van der Waals surface area contributed by atoms with E-state index in [1.165, 1.54) is 12.1 Å². The van der Waals surface area contributed by atoms with Crippen molar-refractivity contribution >= 4 is 56.6 Å². The highest BCUT2D eigenvalue weighted by molar-refractivity contribution is 7.94. The summed E-state index contributed by atoms with van der Waals surface area (Å²) in [5.41, 5.74) is 6.89. The molecule has 182 valence electrons. The third-order valence-electron chi connectivity index (χ3n) is 4.18. The van der Waals surface area contributed by atoms with Crippen molar-refractivity contribution in [1.29, 1.82) is 0 Å². The van der Waals surface area contributed by atoms with Gasteiger partial charge in [0, 0.05) is 4.90 Å². The molecule has 3 aromatic carbocycles. The molecule has 0 unspecified atom stereocenters. The lowest BCUT2D eigenvalue weighted by molar-refractivity contribution is -0.432. The van der Waals surface area contributed by atoms with Crippen LogP contribution in [0.4, 0.5) is 33.2 Å². The number of azo groups is 2. The normalized spacial score (nSPS) is 11.9. The summed E-state index contributed by atoms with van der Waals surface area (Å²) in [4.78, 5) is 11.3. The Labute approximate surface area is 203 Å². The Morgan fingerprint density at radius 1 is 0.943 bits per heavy atom. The molecule has 0 aliphatic heterocycles. The van der Waals surface area contributed by atoms with Gasteiger partial charge in [-0.1, -0.05) is 11.1 Å². The van der Waals surface area contributed by atoms with Crippen LogP contribution in [0.15, 0.2) is 90.9 Å². The van der Waals surface area contributed by atoms with Crippen molar-refractivity contribution in [3.8, 4) is 0 Å². The summed E-state index contributed by atoms with van der Waals surface area (Å²) in [6.45, 7) is 1.80. The molecule has 0 radical (unpaired) electrons. The number of nitrogens with one attached hydrogen (secondary N) is 1. The van der Waals surface area contributed by atoms with Crippen LogP contribution in [0.3, 0.4) is 0 Å². The molecule has 0 spiro atoms. The van der Waals surface area contributed by atoms with Gasteiger partial charge in [-0.3, -0.25) is 4.55 Å². The van der Waals surface area contributed by atoms with E-state index in [2.05, 4.69) is 35.1 Å². The van der Waals surface area contributed by atoms with Gasteiger partial charge >= 0.3 is 6.03 Å². The van der Waals surface area contributed by atoms with Crippen LogP contribution in [0.25, 0.3) is 0 Å². The topological polar surface area (TPSA) is 198 Å². The fraction of sp³-hybridized carbons (Fsp3) is 0.0500. The van der Waals surface area contributed by atoms with Crippen LogP contribution in [-0.4, -0.2) is 24.3 Å². The van der Waals surface area contributed by atoms with Gasteiger partial charge in [0.05, 0.1) is 29.1 Å². The predicted octanol–water partition coefficient (Wildman–Crippen LogP) is 5.99. The number of carbonyl (C=O) groups is 1. The van der Waals surface area contributed by atoms with Crippen LogP contribution >= 0.6 is 12.0 Å². The van der Waals surface area contributed by atoms with Gasteiger partial charge in [-0.15, -0.1) is 14.6 Å². The van der Waals surface area contributed by atoms with Gasteiger partial charge in [0.25, 0.3) is 10.1 Å².